The number of likely N-dealkylation sites (tertiary alicyclic amines) is 2. The summed E-state index contributed by atoms with van der Waals surface area (Å²) in [6, 6.07) is 9.58. The number of carbonyl (C=O) groups is 11. The second-order valence-electron chi connectivity index (χ2n) is 28.9. The molecule has 0 aromatic heterocycles. The Hall–Kier alpha value is -7.55. The molecule has 572 valence electrons. The quantitative estimate of drug-likeness (QED) is 0.0241. The van der Waals surface area contributed by atoms with Crippen LogP contribution in [-0.4, -0.2) is 199 Å². The van der Waals surface area contributed by atoms with E-state index in [0.29, 0.717) is 68.4 Å². The molecule has 2 aromatic rings. The fraction of sp³-hybridized carbons (Fsp3) is 0.697. The summed E-state index contributed by atoms with van der Waals surface area (Å²) in [7, 11) is 6.10. The van der Waals surface area contributed by atoms with Gasteiger partial charge in [0.2, 0.25) is 59.1 Å². The summed E-state index contributed by atoms with van der Waals surface area (Å²) in [6.07, 6.45) is 4.63. The first kappa shape index (κ1) is 86.9. The largest absolute Gasteiger partial charge is 0.445 e. The van der Waals surface area contributed by atoms with Gasteiger partial charge in [0.05, 0.1) is 61.2 Å². The predicted molar refractivity (Wildman–Crippen MR) is 390 cm³/mol. The number of unbranched alkanes of at least 4 members (excludes halogenated alkanes) is 2. The monoisotopic (exact) mass is 1430 g/mol. The number of nitrogens with zero attached hydrogens (tertiary/aromatic N) is 4. The molecule has 26 nitrogen and oxygen atoms in total. The van der Waals surface area contributed by atoms with Gasteiger partial charge in [0.15, 0.2) is 0 Å². The molecular weight excluding hydrogens is 1310 g/mol. The van der Waals surface area contributed by atoms with Crippen LogP contribution in [0.3, 0.4) is 0 Å². The molecule has 11 amide bonds. The Morgan fingerprint density at radius 2 is 1.34 bits per heavy atom. The van der Waals surface area contributed by atoms with Crippen molar-refractivity contribution < 1.29 is 72.1 Å². The van der Waals surface area contributed by atoms with Crippen LogP contribution in [0.1, 0.15) is 197 Å². The number of rotatable bonds is 44. The smallest absolute Gasteiger partial charge is 0.410 e. The third-order valence-electron chi connectivity index (χ3n) is 20.2. The summed E-state index contributed by atoms with van der Waals surface area (Å²) in [4.78, 5) is 157. The van der Waals surface area contributed by atoms with Gasteiger partial charge in [0.1, 0.15) is 30.8 Å². The van der Waals surface area contributed by atoms with E-state index in [1.54, 1.807) is 109 Å². The van der Waals surface area contributed by atoms with Gasteiger partial charge in [-0.05, 0) is 111 Å². The molecule has 2 aliphatic rings. The van der Waals surface area contributed by atoms with Gasteiger partial charge in [-0.3, -0.25) is 57.7 Å². The molecule has 4 rings (SSSR count). The molecule has 2 aromatic carbocycles. The molecule has 26 heteroatoms. The lowest BCUT2D eigenvalue weighted by Crippen LogP contribution is -2.60. The Balaban J connectivity index is 1.37. The highest BCUT2D eigenvalue weighted by atomic mass is 16.6. The van der Waals surface area contributed by atoms with Crippen molar-refractivity contribution in [3.8, 4) is 0 Å². The number of hydrogen-bond donors (Lipinski definition) is 8. The maximum atomic E-state index is 14.9. The molecule has 0 radical (unpaired) electrons. The van der Waals surface area contributed by atoms with Gasteiger partial charge in [-0.25, -0.2) is 4.79 Å². The van der Waals surface area contributed by atoms with E-state index in [1.165, 1.54) is 31.1 Å². The number of carbonyl (C=O) groups excluding carboxylic acids is 11. The maximum absolute atomic E-state index is 14.9. The molecule has 0 bridgehead atoms. The van der Waals surface area contributed by atoms with Gasteiger partial charge in [-0.2, -0.15) is 0 Å². The molecule has 0 spiro atoms. The van der Waals surface area contributed by atoms with E-state index in [-0.39, 0.29) is 111 Å². The van der Waals surface area contributed by atoms with Crippen LogP contribution in [0.5, 0.6) is 0 Å². The first-order valence-corrected chi connectivity index (χ1v) is 37.1. The highest BCUT2D eigenvalue weighted by molar-refractivity contribution is 6.03. The molecule has 2 heterocycles. The fourth-order valence-electron chi connectivity index (χ4n) is 14.1. The molecule has 0 aliphatic carbocycles. The second kappa shape index (κ2) is 43.5. The molecule has 2 aliphatic heterocycles. The van der Waals surface area contributed by atoms with E-state index in [1.807, 2.05) is 32.0 Å². The van der Waals surface area contributed by atoms with Gasteiger partial charge in [0.25, 0.3) is 0 Å². The van der Waals surface area contributed by atoms with Crippen LogP contribution >= 0.6 is 0 Å². The average Bonchev–Trinajstić information content (AvgIpc) is 1.45. The normalized spacial score (nSPS) is 17.9. The minimum atomic E-state index is -1.10. The average molecular weight is 1430 g/mol. The van der Waals surface area contributed by atoms with E-state index in [9.17, 15) is 57.8 Å². The standard InChI is InChI=1S/C76H123N11O15/c1-17-28-53(29-18-2)56-42-62(90)87(74(56)97)40-25-21-24-34-60(88)82-64(46(4)5)72(95)81-57(32-26-39-78-61(89)44-77)71(94)80-55-37-35-52(36-38-55)45-102-76(99)85(14)66(48(8)9)73(96)83-65(47(6)7)75(98)84(13)67(49(10)19-3)59(100-15)43-63(91)86-41-27-33-58(86)69(101-16)50(11)70(93)79-51(12)68(92)54-30-22-20-23-31-54/h20,22-23,30-31,35-38,46-51,53,56-59,64-69,92H,17-19,21,24-29,32-34,39-45,77H2,1-16H3,(H,78,89)(H,79,93)(H,80,94)(H,81,95)(H,82,88)(H,83,96)/t49-,50+,51+,56?,57-,58?,59+,64?,65-,66-,67?,68+,69+/m0/s1. The number of hydrogen-bond acceptors (Lipinski definition) is 16. The lowest BCUT2D eigenvalue weighted by molar-refractivity contribution is -0.148. The minimum absolute atomic E-state index is 0.0916. The predicted octanol–water partition coefficient (Wildman–Crippen LogP) is 7.15. The van der Waals surface area contributed by atoms with Crippen molar-refractivity contribution in [3.63, 3.8) is 0 Å². The molecule has 9 N–H and O–H groups in total. The van der Waals surface area contributed by atoms with E-state index in [4.69, 9.17) is 19.9 Å². The third kappa shape index (κ3) is 25.4. The Morgan fingerprint density at radius 3 is 1.92 bits per heavy atom. The molecule has 13 atom stereocenters. The Morgan fingerprint density at radius 1 is 0.696 bits per heavy atom. The number of benzene rings is 2. The number of aliphatic hydroxyl groups excluding tert-OH is 1. The van der Waals surface area contributed by atoms with E-state index in [2.05, 4.69) is 45.7 Å². The molecule has 102 heavy (non-hydrogen) atoms. The number of ether oxygens (including phenoxy) is 3. The number of amides is 11. The summed E-state index contributed by atoms with van der Waals surface area (Å²) >= 11 is 0. The first-order valence-electron chi connectivity index (χ1n) is 37.1. The molecule has 2 saturated heterocycles. The SMILES string of the molecule is CCCC(CCC)C1CC(=O)N(CCCCCC(=O)NC(C(=O)N[C@@H](CCCNC(=O)CN)C(=O)Nc2ccc(COC(=O)N(C)[C@H](C(=O)N[C@H](C(=O)N(C)C([C@@H](C)CC)[C@@H](CC(=O)N3CCCC3[C@H](OC)[C@@H](C)C(=O)N[C@H](C)[C@@H](O)c3ccccc3)OC)C(C)C)C(C)C)cc2)C(C)C)C1=O. The van der Waals surface area contributed by atoms with Crippen LogP contribution in [0.4, 0.5) is 10.5 Å². The Kier molecular flexibility index (Phi) is 37.1. The van der Waals surface area contributed by atoms with Gasteiger partial charge in [-0.15, -0.1) is 0 Å². The lowest BCUT2D eigenvalue weighted by Gasteiger charge is -2.41. The lowest BCUT2D eigenvalue weighted by atomic mass is 9.84. The topological polar surface area (TPSA) is 347 Å². The number of nitrogens with one attached hydrogen (secondary N) is 6. The van der Waals surface area contributed by atoms with Crippen LogP contribution in [0, 0.1) is 41.4 Å². The third-order valence-corrected chi connectivity index (χ3v) is 20.2. The van der Waals surface area contributed by atoms with Crippen LogP contribution in [0.15, 0.2) is 54.6 Å². The summed E-state index contributed by atoms with van der Waals surface area (Å²) in [5.74, 6) is -5.92. The van der Waals surface area contributed by atoms with Crippen LogP contribution in [-0.2, 0) is 68.8 Å². The van der Waals surface area contributed by atoms with Crippen molar-refractivity contribution >= 4 is 70.9 Å². The zero-order chi connectivity index (χ0) is 76.1. The molecule has 0 saturated carbocycles. The Labute approximate surface area is 605 Å². The summed E-state index contributed by atoms with van der Waals surface area (Å²) in [6.45, 7) is 22.7. The first-order chi connectivity index (χ1) is 48.4. The zero-order valence-electron chi connectivity index (χ0n) is 63.7. The number of aliphatic hydroxyl groups is 1. The highest BCUT2D eigenvalue weighted by Gasteiger charge is 2.45. The highest BCUT2D eigenvalue weighted by Crippen LogP contribution is 2.34. The summed E-state index contributed by atoms with van der Waals surface area (Å²) < 4.78 is 17.8. The number of nitrogens with two attached hydrogens (primary N) is 1. The zero-order valence-corrected chi connectivity index (χ0v) is 63.7. The molecular formula is C76H123N11O15. The molecule has 2 fully saturated rings. The summed E-state index contributed by atoms with van der Waals surface area (Å²) in [5, 5.41) is 28.0. The van der Waals surface area contributed by atoms with E-state index >= 15 is 0 Å². The van der Waals surface area contributed by atoms with Crippen molar-refractivity contribution in [3.05, 3.63) is 65.7 Å². The Bertz CT molecular complexity index is 3020. The van der Waals surface area contributed by atoms with Crippen molar-refractivity contribution in [1.82, 2.24) is 46.2 Å². The maximum Gasteiger partial charge on any atom is 0.410 e. The van der Waals surface area contributed by atoms with E-state index < -0.39 is 108 Å². The van der Waals surface area contributed by atoms with Crippen molar-refractivity contribution in [2.75, 3.05) is 59.8 Å². The van der Waals surface area contributed by atoms with Crippen molar-refractivity contribution in [1.29, 1.82) is 0 Å². The van der Waals surface area contributed by atoms with Crippen LogP contribution in [0.2, 0.25) is 0 Å². The number of anilines is 1. The van der Waals surface area contributed by atoms with Gasteiger partial charge >= 0.3 is 6.09 Å². The number of imide groups is 1. The molecule has 4 unspecified atom stereocenters. The van der Waals surface area contributed by atoms with Gasteiger partial charge in [-0.1, -0.05) is 144 Å². The number of likely N-dealkylation sites (N-methyl/N-ethyl adjacent to an activating group) is 2. The van der Waals surface area contributed by atoms with Gasteiger partial charge < -0.3 is 66.8 Å². The van der Waals surface area contributed by atoms with Gasteiger partial charge in [0, 0.05) is 66.5 Å². The minimum Gasteiger partial charge on any atom is -0.445 e. The van der Waals surface area contributed by atoms with Crippen LogP contribution < -0.4 is 37.6 Å². The van der Waals surface area contributed by atoms with E-state index in [0.717, 1.165) is 25.7 Å². The summed E-state index contributed by atoms with van der Waals surface area (Å²) in [5.41, 5.74) is 7.02. The van der Waals surface area contributed by atoms with Crippen molar-refractivity contribution in [2.24, 2.45) is 47.2 Å². The number of methoxy groups -OCH3 is 2. The van der Waals surface area contributed by atoms with Crippen LogP contribution in [0.25, 0.3) is 0 Å². The second-order valence-corrected chi connectivity index (χ2v) is 28.9. The fourth-order valence-corrected chi connectivity index (χ4v) is 14.1. The van der Waals surface area contributed by atoms with Crippen molar-refractivity contribution in [2.45, 2.75) is 247 Å².